The van der Waals surface area contributed by atoms with E-state index in [1.165, 1.54) is 25.3 Å². The minimum Gasteiger partial charge on any atom is -0.456 e. The molecule has 2 rings (SSSR count). The second-order valence-corrected chi connectivity index (χ2v) is 6.48. The summed E-state index contributed by atoms with van der Waals surface area (Å²) in [6, 6.07) is 4.53. The molecule has 1 aromatic carbocycles. The lowest BCUT2D eigenvalue weighted by atomic mass is 9.86. The Bertz CT molecular complexity index is 638. The van der Waals surface area contributed by atoms with Crippen LogP contribution in [0.2, 0.25) is 0 Å². The molecular formula is C18H24N2O5. The number of nitrogens with zero attached hydrogens (tertiary/aromatic N) is 1. The normalized spacial score (nSPS) is 14.8. The molecule has 0 unspecified atom stereocenters. The van der Waals surface area contributed by atoms with E-state index < -0.39 is 23.4 Å². The van der Waals surface area contributed by atoms with Crippen LogP contribution >= 0.6 is 0 Å². The summed E-state index contributed by atoms with van der Waals surface area (Å²) >= 11 is 0. The van der Waals surface area contributed by atoms with E-state index in [9.17, 15) is 19.7 Å². The molecule has 0 heterocycles. The van der Waals surface area contributed by atoms with Crippen LogP contribution in [0.1, 0.15) is 50.5 Å². The van der Waals surface area contributed by atoms with Crippen molar-refractivity contribution in [3.8, 4) is 0 Å². The van der Waals surface area contributed by atoms with Crippen LogP contribution in [0, 0.1) is 23.0 Å². The maximum Gasteiger partial charge on any atom is 0.306 e. The molecule has 0 spiro atoms. The van der Waals surface area contributed by atoms with E-state index in [1.807, 2.05) is 0 Å². The van der Waals surface area contributed by atoms with Gasteiger partial charge in [-0.25, -0.2) is 0 Å². The first-order valence-corrected chi connectivity index (χ1v) is 8.67. The summed E-state index contributed by atoms with van der Waals surface area (Å²) in [6.45, 7) is 1.23. The fourth-order valence-electron chi connectivity index (χ4n) is 3.16. The predicted molar refractivity (Wildman–Crippen MR) is 93.2 cm³/mol. The topological polar surface area (TPSA) is 98.5 Å². The number of aryl methyl sites for hydroxylation is 1. The van der Waals surface area contributed by atoms with Gasteiger partial charge in [0.1, 0.15) is 5.69 Å². The van der Waals surface area contributed by atoms with Crippen molar-refractivity contribution in [1.29, 1.82) is 0 Å². The Balaban J connectivity index is 1.79. The lowest BCUT2D eigenvalue weighted by Crippen LogP contribution is -2.22. The van der Waals surface area contributed by atoms with Gasteiger partial charge in [0.15, 0.2) is 6.61 Å². The van der Waals surface area contributed by atoms with Gasteiger partial charge in [-0.2, -0.15) is 0 Å². The number of hydrogen-bond acceptors (Lipinski definition) is 5. The van der Waals surface area contributed by atoms with Crippen LogP contribution < -0.4 is 5.32 Å². The van der Waals surface area contributed by atoms with Crippen molar-refractivity contribution in [3.63, 3.8) is 0 Å². The third-order valence-corrected chi connectivity index (χ3v) is 4.56. The Morgan fingerprint density at radius 1 is 1.28 bits per heavy atom. The largest absolute Gasteiger partial charge is 0.456 e. The van der Waals surface area contributed by atoms with Gasteiger partial charge in [0, 0.05) is 12.5 Å². The van der Waals surface area contributed by atoms with E-state index in [1.54, 1.807) is 19.1 Å². The molecule has 136 valence electrons. The molecule has 1 aromatic rings. The number of benzene rings is 1. The fourth-order valence-corrected chi connectivity index (χ4v) is 3.16. The maximum absolute atomic E-state index is 11.9. The summed E-state index contributed by atoms with van der Waals surface area (Å²) in [5.74, 6) is -0.409. The fraction of sp³-hybridized carbons (Fsp3) is 0.556. The van der Waals surface area contributed by atoms with Gasteiger partial charge in [0.25, 0.3) is 11.6 Å². The van der Waals surface area contributed by atoms with Gasteiger partial charge < -0.3 is 10.1 Å². The number of esters is 1. The van der Waals surface area contributed by atoms with Crippen molar-refractivity contribution in [2.45, 2.75) is 51.9 Å². The molecule has 0 saturated heterocycles. The SMILES string of the molecule is Cc1cccc([N+](=O)[O-])c1NC(=O)COC(=O)CCC1CCCCC1. The molecule has 1 saturated carbocycles. The Hall–Kier alpha value is -2.44. The van der Waals surface area contributed by atoms with Gasteiger partial charge in [-0.3, -0.25) is 19.7 Å². The number of nitrogens with one attached hydrogen (secondary N) is 1. The van der Waals surface area contributed by atoms with E-state index in [0.29, 0.717) is 17.9 Å². The maximum atomic E-state index is 11.9. The Labute approximate surface area is 146 Å². The Morgan fingerprint density at radius 2 is 2.00 bits per heavy atom. The van der Waals surface area contributed by atoms with Crippen LogP contribution in [0.15, 0.2) is 18.2 Å². The second kappa shape index (κ2) is 9.15. The number of hydrogen-bond donors (Lipinski definition) is 1. The standard InChI is InChI=1S/C18H24N2O5/c1-13-6-5-9-15(20(23)24)18(13)19-16(21)12-25-17(22)11-10-14-7-3-2-4-8-14/h5-6,9,14H,2-4,7-8,10-12H2,1H3,(H,19,21). The summed E-state index contributed by atoms with van der Waals surface area (Å²) in [5, 5.41) is 13.5. The molecule has 0 aliphatic heterocycles. The summed E-state index contributed by atoms with van der Waals surface area (Å²) in [5.41, 5.74) is 0.527. The summed E-state index contributed by atoms with van der Waals surface area (Å²) in [7, 11) is 0. The molecule has 1 aliphatic carbocycles. The molecule has 1 amide bonds. The number of anilines is 1. The molecule has 0 radical (unpaired) electrons. The molecule has 1 fully saturated rings. The smallest absolute Gasteiger partial charge is 0.306 e. The van der Waals surface area contributed by atoms with E-state index >= 15 is 0 Å². The number of amides is 1. The molecule has 25 heavy (non-hydrogen) atoms. The number of rotatable bonds is 7. The van der Waals surface area contributed by atoms with Gasteiger partial charge in [0.05, 0.1) is 4.92 Å². The average molecular weight is 348 g/mol. The molecule has 7 nitrogen and oxygen atoms in total. The minimum atomic E-state index is -0.580. The first kappa shape index (κ1) is 18.9. The number of carbonyl (C=O) groups excluding carboxylic acids is 2. The number of ether oxygens (including phenoxy) is 1. The highest BCUT2D eigenvalue weighted by atomic mass is 16.6. The highest BCUT2D eigenvalue weighted by Crippen LogP contribution is 2.28. The highest BCUT2D eigenvalue weighted by Gasteiger charge is 2.19. The lowest BCUT2D eigenvalue weighted by molar-refractivity contribution is -0.384. The molecule has 1 N–H and O–H groups in total. The zero-order valence-corrected chi connectivity index (χ0v) is 14.5. The monoisotopic (exact) mass is 348 g/mol. The van der Waals surface area contributed by atoms with E-state index in [0.717, 1.165) is 19.3 Å². The van der Waals surface area contributed by atoms with Crippen LogP contribution in [0.3, 0.4) is 0 Å². The molecular weight excluding hydrogens is 324 g/mol. The van der Waals surface area contributed by atoms with E-state index in [2.05, 4.69) is 5.32 Å². The van der Waals surface area contributed by atoms with Crippen molar-refractivity contribution in [2.75, 3.05) is 11.9 Å². The van der Waals surface area contributed by atoms with Crippen molar-refractivity contribution in [3.05, 3.63) is 33.9 Å². The van der Waals surface area contributed by atoms with Crippen LogP contribution in [-0.4, -0.2) is 23.4 Å². The van der Waals surface area contributed by atoms with Crippen molar-refractivity contribution >= 4 is 23.3 Å². The first-order chi connectivity index (χ1) is 12.0. The van der Waals surface area contributed by atoms with Crippen LogP contribution in [-0.2, 0) is 14.3 Å². The number of nitro groups is 1. The van der Waals surface area contributed by atoms with Crippen molar-refractivity contribution in [1.82, 2.24) is 0 Å². The number of nitro benzene ring substituents is 1. The Morgan fingerprint density at radius 3 is 2.68 bits per heavy atom. The number of para-hydroxylation sites is 1. The third kappa shape index (κ3) is 5.85. The van der Waals surface area contributed by atoms with Crippen LogP contribution in [0.25, 0.3) is 0 Å². The molecule has 1 aliphatic rings. The minimum absolute atomic E-state index is 0.135. The zero-order chi connectivity index (χ0) is 18.2. The first-order valence-electron chi connectivity index (χ1n) is 8.67. The second-order valence-electron chi connectivity index (χ2n) is 6.48. The zero-order valence-electron chi connectivity index (χ0n) is 14.5. The van der Waals surface area contributed by atoms with Crippen molar-refractivity contribution in [2.24, 2.45) is 5.92 Å². The average Bonchev–Trinajstić information content (AvgIpc) is 2.60. The van der Waals surface area contributed by atoms with Crippen LogP contribution in [0.4, 0.5) is 11.4 Å². The van der Waals surface area contributed by atoms with E-state index in [-0.39, 0.29) is 11.4 Å². The molecule has 7 heteroatoms. The highest BCUT2D eigenvalue weighted by molar-refractivity contribution is 5.95. The van der Waals surface area contributed by atoms with Gasteiger partial charge in [-0.15, -0.1) is 0 Å². The van der Waals surface area contributed by atoms with Gasteiger partial charge in [-0.05, 0) is 24.8 Å². The summed E-state index contributed by atoms with van der Waals surface area (Å²) in [6.07, 6.45) is 7.13. The van der Waals surface area contributed by atoms with Gasteiger partial charge in [-0.1, -0.05) is 44.2 Å². The van der Waals surface area contributed by atoms with Crippen molar-refractivity contribution < 1.29 is 19.2 Å². The number of carbonyl (C=O) groups is 2. The summed E-state index contributed by atoms with van der Waals surface area (Å²) < 4.78 is 4.99. The third-order valence-electron chi connectivity index (χ3n) is 4.56. The molecule has 0 aromatic heterocycles. The van der Waals surface area contributed by atoms with Gasteiger partial charge in [0.2, 0.25) is 0 Å². The van der Waals surface area contributed by atoms with Crippen LogP contribution in [0.5, 0.6) is 0 Å². The quantitative estimate of drug-likeness (QED) is 0.460. The predicted octanol–water partition coefficient (Wildman–Crippen LogP) is 3.75. The Kier molecular flexibility index (Phi) is 6.91. The van der Waals surface area contributed by atoms with Gasteiger partial charge >= 0.3 is 5.97 Å². The molecule has 0 atom stereocenters. The molecule has 0 bridgehead atoms. The summed E-state index contributed by atoms with van der Waals surface area (Å²) in [4.78, 5) is 34.2. The van der Waals surface area contributed by atoms with E-state index in [4.69, 9.17) is 4.74 Å². The lowest BCUT2D eigenvalue weighted by Gasteiger charge is -2.20.